The molecule has 0 atom stereocenters. The van der Waals surface area contributed by atoms with Gasteiger partial charge in [0, 0.05) is 13.1 Å². The summed E-state index contributed by atoms with van der Waals surface area (Å²) in [5, 5.41) is 8.27. The molecule has 0 aliphatic rings. The van der Waals surface area contributed by atoms with Crippen LogP contribution in [0.25, 0.3) is 0 Å². The Balaban J connectivity index is -0.000000605. The fourth-order valence-corrected chi connectivity index (χ4v) is 0.352. The number of hydrogen-bond acceptors (Lipinski definition) is 4. The van der Waals surface area contributed by atoms with E-state index in [-0.39, 0.29) is 35.9 Å². The van der Waals surface area contributed by atoms with Crippen molar-refractivity contribution in [3.05, 3.63) is 0 Å². The summed E-state index contributed by atoms with van der Waals surface area (Å²) in [7, 11) is 0. The zero-order valence-electron chi connectivity index (χ0n) is 9.28. The fourth-order valence-electron chi connectivity index (χ4n) is 0.352. The molecule has 0 bridgehead atoms. The van der Waals surface area contributed by atoms with E-state index in [1.54, 1.807) is 0 Å². The Hall–Kier alpha value is 0.1000. The van der Waals surface area contributed by atoms with Gasteiger partial charge < -0.3 is 11.5 Å². The van der Waals surface area contributed by atoms with Gasteiger partial charge in [0.25, 0.3) is 0 Å². The predicted molar refractivity (Wildman–Crippen MR) is 65.6 cm³/mol. The number of nitrogens with zero attached hydrogens (tertiary/aromatic N) is 2. The van der Waals surface area contributed by atoms with Crippen LogP contribution < -0.4 is 11.5 Å². The molecule has 14 heavy (non-hydrogen) atoms. The lowest BCUT2D eigenvalue weighted by Gasteiger charge is -2.20. The summed E-state index contributed by atoms with van der Waals surface area (Å²) < 4.78 is 0. The monoisotopic (exact) mass is 244 g/mol. The van der Waals surface area contributed by atoms with Crippen molar-refractivity contribution in [2.45, 2.75) is 38.8 Å². The highest BCUT2D eigenvalue weighted by Gasteiger charge is 2.18. The van der Waals surface area contributed by atoms with Gasteiger partial charge in [-0.15, -0.1) is 24.8 Å². The first-order chi connectivity index (χ1) is 5.33. The molecule has 0 aliphatic heterocycles. The number of azo groups is 1. The minimum absolute atomic E-state index is 0. The molecule has 4 nitrogen and oxygen atoms in total. The Bertz CT molecular complexity index is 151. The van der Waals surface area contributed by atoms with Crippen molar-refractivity contribution in [1.82, 2.24) is 0 Å². The van der Waals surface area contributed by atoms with E-state index in [0.717, 1.165) is 0 Å². The maximum atomic E-state index is 5.49. The maximum absolute atomic E-state index is 5.49. The first kappa shape index (κ1) is 19.6. The molecule has 4 N–H and O–H groups in total. The normalized spacial score (nSPS) is 12.1. The van der Waals surface area contributed by atoms with Crippen LogP contribution in [0.15, 0.2) is 10.2 Å². The highest BCUT2D eigenvalue weighted by Crippen LogP contribution is 2.13. The van der Waals surface area contributed by atoms with Crippen molar-refractivity contribution in [2.75, 3.05) is 13.1 Å². The molecule has 0 amide bonds. The molecule has 0 aromatic carbocycles. The van der Waals surface area contributed by atoms with Crippen molar-refractivity contribution >= 4 is 24.8 Å². The molecule has 0 aliphatic carbocycles. The minimum Gasteiger partial charge on any atom is -0.328 e. The Labute approximate surface area is 98.7 Å². The van der Waals surface area contributed by atoms with Crippen LogP contribution in [0.2, 0.25) is 0 Å². The largest absolute Gasteiger partial charge is 0.328 e. The summed E-state index contributed by atoms with van der Waals surface area (Å²) in [6, 6.07) is 0. The Morgan fingerprint density at radius 3 is 1.14 bits per heavy atom. The molecule has 0 unspecified atom stereocenters. The Kier molecular flexibility index (Phi) is 10.4. The van der Waals surface area contributed by atoms with Gasteiger partial charge in [0.2, 0.25) is 0 Å². The van der Waals surface area contributed by atoms with E-state index in [1.165, 1.54) is 0 Å². The number of rotatable bonds is 4. The van der Waals surface area contributed by atoms with Gasteiger partial charge in [0.1, 0.15) is 0 Å². The number of hydrogen-bond donors (Lipinski definition) is 2. The van der Waals surface area contributed by atoms with Gasteiger partial charge in [-0.25, -0.2) is 0 Å². The first-order valence-corrected chi connectivity index (χ1v) is 4.17. The third-order valence-electron chi connectivity index (χ3n) is 1.59. The number of nitrogens with two attached hydrogens (primary N) is 2. The summed E-state index contributed by atoms with van der Waals surface area (Å²) >= 11 is 0. The summed E-state index contributed by atoms with van der Waals surface area (Å²) in [4.78, 5) is 0. The first-order valence-electron chi connectivity index (χ1n) is 4.17. The average Bonchev–Trinajstić information content (AvgIpc) is 2.02. The van der Waals surface area contributed by atoms with E-state index in [4.69, 9.17) is 11.5 Å². The Morgan fingerprint density at radius 2 is 1.00 bits per heavy atom. The van der Waals surface area contributed by atoms with E-state index < -0.39 is 0 Å². The van der Waals surface area contributed by atoms with Crippen LogP contribution in [0.3, 0.4) is 0 Å². The van der Waals surface area contributed by atoms with Crippen LogP contribution in [0.4, 0.5) is 0 Å². The van der Waals surface area contributed by atoms with Crippen molar-refractivity contribution < 1.29 is 0 Å². The minimum atomic E-state index is -0.271. The van der Waals surface area contributed by atoms with Crippen LogP contribution in [0, 0.1) is 0 Å². The van der Waals surface area contributed by atoms with Crippen LogP contribution in [-0.4, -0.2) is 24.2 Å². The fraction of sp³-hybridized carbons (Fsp3) is 1.00. The molecule has 88 valence electrons. The van der Waals surface area contributed by atoms with Crippen molar-refractivity contribution in [3.8, 4) is 0 Å². The maximum Gasteiger partial charge on any atom is 0.0881 e. The molecule has 0 saturated carbocycles. The van der Waals surface area contributed by atoms with E-state index in [1.807, 2.05) is 27.7 Å². The summed E-state index contributed by atoms with van der Waals surface area (Å²) in [5.41, 5.74) is 10.4. The van der Waals surface area contributed by atoms with Gasteiger partial charge in [0.15, 0.2) is 0 Å². The molecule has 0 aromatic heterocycles. The lowest BCUT2D eigenvalue weighted by atomic mass is 10.1. The van der Waals surface area contributed by atoms with Crippen LogP contribution in [-0.2, 0) is 0 Å². The molecule has 0 heterocycles. The van der Waals surface area contributed by atoms with Gasteiger partial charge >= 0.3 is 0 Å². The van der Waals surface area contributed by atoms with Gasteiger partial charge in [0.05, 0.1) is 11.1 Å². The molecular weight excluding hydrogens is 223 g/mol. The zero-order chi connectivity index (χ0) is 9.83. The van der Waals surface area contributed by atoms with Gasteiger partial charge in [-0.2, -0.15) is 10.2 Å². The highest BCUT2D eigenvalue weighted by molar-refractivity contribution is 5.85. The molecule has 0 spiro atoms. The second kappa shape index (κ2) is 7.40. The highest BCUT2D eigenvalue weighted by atomic mass is 35.5. The number of halogens is 2. The Morgan fingerprint density at radius 1 is 0.786 bits per heavy atom. The van der Waals surface area contributed by atoms with Gasteiger partial charge in [-0.05, 0) is 27.7 Å². The van der Waals surface area contributed by atoms with E-state index in [9.17, 15) is 0 Å². The van der Waals surface area contributed by atoms with Gasteiger partial charge in [-0.3, -0.25) is 0 Å². The summed E-state index contributed by atoms with van der Waals surface area (Å²) in [5.74, 6) is 0. The average molecular weight is 245 g/mol. The van der Waals surface area contributed by atoms with Crippen molar-refractivity contribution in [3.63, 3.8) is 0 Å². The van der Waals surface area contributed by atoms with Gasteiger partial charge in [-0.1, -0.05) is 0 Å². The standard InChI is InChI=1S/C8H20N4.2ClH/c1-7(2,5-9)11-12-8(3,4)6-10;;/h5-6,9-10H2,1-4H3;2*1H. The van der Waals surface area contributed by atoms with Crippen LogP contribution in [0.1, 0.15) is 27.7 Å². The lowest BCUT2D eigenvalue weighted by molar-refractivity contribution is 0.431. The molecule has 0 aromatic rings. The molecule has 0 radical (unpaired) electrons. The summed E-state index contributed by atoms with van der Waals surface area (Å²) in [6.07, 6.45) is 0. The SMILES string of the molecule is CC(C)(CN)N=NC(C)(C)CN.Cl.Cl. The third-order valence-corrected chi connectivity index (χ3v) is 1.59. The molecule has 6 heteroatoms. The van der Waals surface area contributed by atoms with Crippen LogP contribution >= 0.6 is 24.8 Å². The van der Waals surface area contributed by atoms with E-state index in [2.05, 4.69) is 10.2 Å². The zero-order valence-corrected chi connectivity index (χ0v) is 10.9. The second-order valence-electron chi connectivity index (χ2n) is 4.23. The van der Waals surface area contributed by atoms with Crippen LogP contribution in [0.5, 0.6) is 0 Å². The lowest BCUT2D eigenvalue weighted by Crippen LogP contribution is -2.32. The topological polar surface area (TPSA) is 76.8 Å². The molecule has 0 rings (SSSR count). The van der Waals surface area contributed by atoms with E-state index >= 15 is 0 Å². The van der Waals surface area contributed by atoms with Crippen molar-refractivity contribution in [2.24, 2.45) is 21.7 Å². The molecular formula is C8H22Cl2N4. The summed E-state index contributed by atoms with van der Waals surface area (Å²) in [6.45, 7) is 8.78. The van der Waals surface area contributed by atoms with Crippen molar-refractivity contribution in [1.29, 1.82) is 0 Å². The third kappa shape index (κ3) is 8.69. The quantitative estimate of drug-likeness (QED) is 0.740. The molecule has 0 fully saturated rings. The predicted octanol–water partition coefficient (Wildman–Crippen LogP) is 1.76. The van der Waals surface area contributed by atoms with E-state index in [0.29, 0.717) is 13.1 Å². The molecule has 0 saturated heterocycles. The second-order valence-corrected chi connectivity index (χ2v) is 4.23. The smallest absolute Gasteiger partial charge is 0.0881 e.